The third kappa shape index (κ3) is 7.20. The lowest BCUT2D eigenvalue weighted by atomic mass is 9.83. The molecule has 7 atom stereocenters. The molecule has 1 unspecified atom stereocenters. The highest BCUT2D eigenvalue weighted by Gasteiger charge is 2.64. The van der Waals surface area contributed by atoms with Gasteiger partial charge in [0.1, 0.15) is 28.6 Å². The summed E-state index contributed by atoms with van der Waals surface area (Å²) >= 11 is 6.72. The topological polar surface area (TPSA) is 119 Å². The second kappa shape index (κ2) is 12.4. The molecule has 3 heterocycles. The Balaban J connectivity index is 1.80. The monoisotopic (exact) mass is 620 g/mol. The number of benzene rings is 1. The molecule has 238 valence electrons. The second-order valence-corrected chi connectivity index (χ2v) is 13.4. The number of nitrogens with one attached hydrogen (secondary N) is 1. The average molecular weight is 621 g/mol. The van der Waals surface area contributed by atoms with Crippen molar-refractivity contribution in [1.82, 2.24) is 5.32 Å². The maximum absolute atomic E-state index is 13.8. The quantitative estimate of drug-likeness (QED) is 0.456. The summed E-state index contributed by atoms with van der Waals surface area (Å²) in [5.74, 6) is -0.0821. The van der Waals surface area contributed by atoms with E-state index in [0.29, 0.717) is 22.9 Å². The van der Waals surface area contributed by atoms with Crippen LogP contribution in [0.25, 0.3) is 0 Å². The van der Waals surface area contributed by atoms with E-state index in [9.17, 15) is 14.7 Å². The third-order valence-electron chi connectivity index (χ3n) is 8.45. The molecule has 0 spiro atoms. The van der Waals surface area contributed by atoms with E-state index in [-0.39, 0.29) is 24.7 Å². The molecule has 1 aromatic carbocycles. The van der Waals surface area contributed by atoms with Crippen LogP contribution in [0.2, 0.25) is 5.02 Å². The first kappa shape index (κ1) is 33.3. The number of hydrogen-bond donors (Lipinski definition) is 2. The van der Waals surface area contributed by atoms with Gasteiger partial charge < -0.3 is 33.7 Å². The Morgan fingerprint density at radius 2 is 1.91 bits per heavy atom. The van der Waals surface area contributed by atoms with Crippen molar-refractivity contribution in [3.63, 3.8) is 0 Å². The summed E-state index contributed by atoms with van der Waals surface area (Å²) in [6, 6.07) is 3.73. The first-order valence-corrected chi connectivity index (χ1v) is 15.0. The minimum atomic E-state index is -1.71. The molecule has 4 bridgehead atoms. The van der Waals surface area contributed by atoms with Gasteiger partial charge in [-0.3, -0.25) is 10.1 Å². The minimum Gasteiger partial charge on any atom is -0.495 e. The first-order chi connectivity index (χ1) is 20.0. The fourth-order valence-electron chi connectivity index (χ4n) is 6.03. The smallest absolute Gasteiger partial charge is 0.409 e. The molecule has 2 N–H and O–H groups in total. The van der Waals surface area contributed by atoms with Gasteiger partial charge in [-0.2, -0.15) is 0 Å². The number of fused-ring (bicyclic) bond motifs is 5. The van der Waals surface area contributed by atoms with Gasteiger partial charge in [0, 0.05) is 26.5 Å². The molecule has 3 aliphatic rings. The lowest BCUT2D eigenvalue weighted by molar-refractivity contribution is -0.142. The molecule has 11 heteroatoms. The van der Waals surface area contributed by atoms with Gasteiger partial charge in [-0.05, 0) is 58.7 Å². The summed E-state index contributed by atoms with van der Waals surface area (Å²) in [4.78, 5) is 28.0. The van der Waals surface area contributed by atoms with Crippen molar-refractivity contribution in [1.29, 1.82) is 0 Å². The van der Waals surface area contributed by atoms with Crippen molar-refractivity contribution < 1.29 is 38.4 Å². The normalized spacial score (nSPS) is 35.7. The van der Waals surface area contributed by atoms with E-state index in [2.05, 4.69) is 5.32 Å². The molecule has 10 nitrogen and oxygen atoms in total. The molecule has 43 heavy (non-hydrogen) atoms. The van der Waals surface area contributed by atoms with Crippen molar-refractivity contribution in [3.05, 3.63) is 46.5 Å². The van der Waals surface area contributed by atoms with Gasteiger partial charge in [-0.25, -0.2) is 4.79 Å². The fourth-order valence-corrected chi connectivity index (χ4v) is 6.35. The number of allylic oxidation sites excluding steroid dienone is 3. The number of epoxide rings is 1. The van der Waals surface area contributed by atoms with E-state index < -0.39 is 47.4 Å². The number of carbonyl (C=O) groups is 2. The van der Waals surface area contributed by atoms with Gasteiger partial charge in [0.15, 0.2) is 5.72 Å². The summed E-state index contributed by atoms with van der Waals surface area (Å²) in [6.07, 6.45) is 2.71. The lowest BCUT2D eigenvalue weighted by Gasteiger charge is -2.42. The average Bonchev–Trinajstić information content (AvgIpc) is 3.61. The van der Waals surface area contributed by atoms with Gasteiger partial charge in [-0.1, -0.05) is 42.3 Å². The molecule has 2 saturated heterocycles. The molecule has 2 amide bonds. The fraction of sp³-hybridized carbons (Fsp3) is 0.625. The number of rotatable bonds is 3. The summed E-state index contributed by atoms with van der Waals surface area (Å²) < 4.78 is 29.6. The Morgan fingerprint density at radius 1 is 1.21 bits per heavy atom. The van der Waals surface area contributed by atoms with Crippen molar-refractivity contribution >= 4 is 29.3 Å². The molecule has 0 aliphatic carbocycles. The van der Waals surface area contributed by atoms with Crippen molar-refractivity contribution in [2.24, 2.45) is 5.92 Å². The van der Waals surface area contributed by atoms with Crippen molar-refractivity contribution in [2.45, 2.75) is 102 Å². The lowest BCUT2D eigenvalue weighted by Crippen LogP contribution is -2.63. The zero-order chi connectivity index (χ0) is 31.9. The zero-order valence-electron chi connectivity index (χ0n) is 26.5. The maximum Gasteiger partial charge on any atom is 0.409 e. The Morgan fingerprint density at radius 3 is 2.53 bits per heavy atom. The summed E-state index contributed by atoms with van der Waals surface area (Å²) in [5.41, 5.74) is -0.735. The molecule has 0 aromatic heterocycles. The number of carbonyl (C=O) groups excluding carboxylic acids is 2. The molecule has 0 radical (unpaired) electrons. The number of methoxy groups -OCH3 is 2. The summed E-state index contributed by atoms with van der Waals surface area (Å²) in [6.45, 7) is 11.6. The van der Waals surface area contributed by atoms with Crippen LogP contribution in [0.3, 0.4) is 0 Å². The molecule has 0 saturated carbocycles. The maximum atomic E-state index is 13.8. The molecular weight excluding hydrogens is 576 g/mol. The number of alkyl carbamates (subject to hydrolysis) is 1. The summed E-state index contributed by atoms with van der Waals surface area (Å²) in [5, 5.41) is 14.5. The number of aliphatic hydroxyl groups is 1. The predicted octanol–water partition coefficient (Wildman–Crippen LogP) is 4.94. The van der Waals surface area contributed by atoms with Crippen LogP contribution in [0.1, 0.15) is 59.9 Å². The third-order valence-corrected chi connectivity index (χ3v) is 8.83. The Hall–Kier alpha value is -2.63. The highest BCUT2D eigenvalue weighted by atomic mass is 35.5. The van der Waals surface area contributed by atoms with E-state index in [1.807, 2.05) is 59.8 Å². The van der Waals surface area contributed by atoms with Crippen LogP contribution in [0.4, 0.5) is 10.5 Å². The standard InChI is InChI=1S/C32H45ClN2O8/c1-18-11-10-12-24(40-9)32(38)17-23(41-29(37)34-32)19(2)28-31(6,43-28)25(42-30(3,4)5)16-26(36)35(7)21-14-20(13-18)15-22(39-8)27(21)33/h10-12,14-15,19,23-25,28,38H,13,16-17H2,1-9H3,(H,34,37)/b12-10+,18-11+/t19-,23+,24-,25+,28?,31+,32+/m1/s1. The molecule has 3 aliphatic heterocycles. The Bertz CT molecular complexity index is 1290. The molecule has 4 rings (SSSR count). The first-order valence-electron chi connectivity index (χ1n) is 14.6. The number of nitrogens with zero attached hydrogens (tertiary/aromatic N) is 1. The minimum absolute atomic E-state index is 0.0148. The predicted molar refractivity (Wildman–Crippen MR) is 163 cm³/mol. The molecule has 1 aromatic rings. The Kier molecular flexibility index (Phi) is 9.59. The van der Waals surface area contributed by atoms with Crippen molar-refractivity contribution in [3.8, 4) is 5.75 Å². The molecule has 2 fully saturated rings. The number of ether oxygens (including phenoxy) is 5. The van der Waals surface area contributed by atoms with E-state index in [1.165, 1.54) is 19.1 Å². The Labute approximate surface area is 259 Å². The van der Waals surface area contributed by atoms with Crippen LogP contribution in [0.5, 0.6) is 5.75 Å². The van der Waals surface area contributed by atoms with Crippen LogP contribution in [0, 0.1) is 5.92 Å². The van der Waals surface area contributed by atoms with Crippen LogP contribution in [0.15, 0.2) is 35.9 Å². The van der Waals surface area contributed by atoms with Gasteiger partial charge in [0.05, 0.1) is 37.0 Å². The highest BCUT2D eigenvalue weighted by Crippen LogP contribution is 2.49. The number of halogens is 1. The molecular formula is C32H45ClN2O8. The van der Waals surface area contributed by atoms with Gasteiger partial charge in [0.2, 0.25) is 5.91 Å². The van der Waals surface area contributed by atoms with Crippen LogP contribution < -0.4 is 15.0 Å². The van der Waals surface area contributed by atoms with Crippen LogP contribution in [-0.2, 0) is 30.2 Å². The second-order valence-electron chi connectivity index (χ2n) is 13.0. The van der Waals surface area contributed by atoms with E-state index in [0.717, 1.165) is 11.1 Å². The van der Waals surface area contributed by atoms with Crippen LogP contribution in [-0.4, -0.2) is 79.7 Å². The van der Waals surface area contributed by atoms with Crippen molar-refractivity contribution in [2.75, 3.05) is 26.2 Å². The van der Waals surface area contributed by atoms with E-state index >= 15 is 0 Å². The largest absolute Gasteiger partial charge is 0.495 e. The van der Waals surface area contributed by atoms with E-state index in [1.54, 1.807) is 19.2 Å². The number of hydrogen-bond acceptors (Lipinski definition) is 8. The number of amides is 2. The number of anilines is 1. The zero-order valence-corrected chi connectivity index (χ0v) is 27.3. The van der Waals surface area contributed by atoms with Gasteiger partial charge in [0.25, 0.3) is 0 Å². The van der Waals surface area contributed by atoms with Gasteiger partial charge in [-0.15, -0.1) is 0 Å². The summed E-state index contributed by atoms with van der Waals surface area (Å²) in [7, 11) is 4.70. The SMILES string of the molecule is COc1cc2cc(c1Cl)N(C)C(=O)C[C@H](OC(C)(C)C)[C@]1(C)OC1[C@H](C)[C@@H]1C[C@@](O)(NC(=O)O1)[C@H](OC)/C=C/C=C(\C)C2. The van der Waals surface area contributed by atoms with E-state index in [4.69, 9.17) is 35.3 Å². The van der Waals surface area contributed by atoms with Gasteiger partial charge >= 0.3 is 6.09 Å². The van der Waals surface area contributed by atoms with Crippen LogP contribution >= 0.6 is 11.6 Å². The highest BCUT2D eigenvalue weighted by molar-refractivity contribution is 6.35.